The highest BCUT2D eigenvalue weighted by atomic mass is 79.9. The number of fused-ring (bicyclic) bond motifs is 2. The lowest BCUT2D eigenvalue weighted by Crippen LogP contribution is -2.34. The zero-order chi connectivity index (χ0) is 11.1. The van der Waals surface area contributed by atoms with Gasteiger partial charge in [0.15, 0.2) is 5.78 Å². The van der Waals surface area contributed by atoms with E-state index in [1.807, 2.05) is 12.1 Å². The van der Waals surface area contributed by atoms with Gasteiger partial charge in [0.05, 0.1) is 5.69 Å². The zero-order valence-electron chi connectivity index (χ0n) is 9.08. The van der Waals surface area contributed by atoms with E-state index < -0.39 is 0 Å². The molecule has 16 heavy (non-hydrogen) atoms. The first-order valence-corrected chi connectivity index (χ1v) is 6.74. The molecular formula is C13H14BrNO. The Morgan fingerprint density at radius 1 is 1.25 bits per heavy atom. The number of nitrogens with zero attached hydrogens (tertiary/aromatic N) is 1. The minimum absolute atomic E-state index is 0.282. The molecular weight excluding hydrogens is 266 g/mol. The molecule has 2 atom stereocenters. The molecule has 1 heterocycles. The van der Waals surface area contributed by atoms with Gasteiger partial charge in [0.1, 0.15) is 4.60 Å². The largest absolute Gasteiger partial charge is 0.294 e. The van der Waals surface area contributed by atoms with Crippen LogP contribution < -0.4 is 0 Å². The molecule has 2 unspecified atom stereocenters. The third-order valence-electron chi connectivity index (χ3n) is 3.91. The standard InChI is InChI=1S/C13H14BrNO/c14-12-6-5-10-11(15-12)7-8-3-1-2-4-9(8)13(10)16/h5-6,8-9H,1-4,7H2. The first-order valence-electron chi connectivity index (χ1n) is 5.95. The van der Waals surface area contributed by atoms with Crippen molar-refractivity contribution in [3.8, 4) is 0 Å². The van der Waals surface area contributed by atoms with E-state index in [4.69, 9.17) is 0 Å². The van der Waals surface area contributed by atoms with Gasteiger partial charge in [0.2, 0.25) is 0 Å². The fourth-order valence-electron chi connectivity index (χ4n) is 3.10. The van der Waals surface area contributed by atoms with Crippen LogP contribution >= 0.6 is 15.9 Å². The van der Waals surface area contributed by atoms with Crippen LogP contribution in [0.3, 0.4) is 0 Å². The molecule has 84 valence electrons. The fraction of sp³-hybridized carbons (Fsp3) is 0.538. The number of hydrogen-bond acceptors (Lipinski definition) is 2. The van der Waals surface area contributed by atoms with Gasteiger partial charge in [-0.25, -0.2) is 4.98 Å². The van der Waals surface area contributed by atoms with Crippen molar-refractivity contribution in [3.63, 3.8) is 0 Å². The molecule has 0 radical (unpaired) electrons. The summed E-state index contributed by atoms with van der Waals surface area (Å²) in [5, 5.41) is 0. The normalized spacial score (nSPS) is 28.4. The van der Waals surface area contributed by atoms with Crippen molar-refractivity contribution in [2.24, 2.45) is 11.8 Å². The lowest BCUT2D eigenvalue weighted by Gasteiger charge is -2.34. The molecule has 2 nitrogen and oxygen atoms in total. The van der Waals surface area contributed by atoms with Gasteiger partial charge in [-0.05, 0) is 53.2 Å². The first kappa shape index (κ1) is 10.5. The van der Waals surface area contributed by atoms with Crippen LogP contribution in [0, 0.1) is 11.8 Å². The molecule has 1 saturated carbocycles. The van der Waals surface area contributed by atoms with E-state index in [9.17, 15) is 4.79 Å². The Morgan fingerprint density at radius 2 is 2.06 bits per heavy atom. The number of Topliss-reactive ketones (excluding diaryl/α,β-unsaturated/α-hetero) is 1. The number of rotatable bonds is 0. The zero-order valence-corrected chi connectivity index (χ0v) is 10.7. The second kappa shape index (κ2) is 3.95. The summed E-state index contributed by atoms with van der Waals surface area (Å²) in [6.07, 6.45) is 5.76. The molecule has 0 bridgehead atoms. The Morgan fingerprint density at radius 3 is 2.94 bits per heavy atom. The van der Waals surface area contributed by atoms with Gasteiger partial charge in [-0.3, -0.25) is 4.79 Å². The van der Waals surface area contributed by atoms with Crippen molar-refractivity contribution >= 4 is 21.7 Å². The van der Waals surface area contributed by atoms with Crippen LogP contribution in [0.5, 0.6) is 0 Å². The average Bonchev–Trinajstić information content (AvgIpc) is 2.29. The molecule has 3 heteroatoms. The van der Waals surface area contributed by atoms with Crippen LogP contribution in [0.25, 0.3) is 0 Å². The molecule has 0 aliphatic heterocycles. The van der Waals surface area contributed by atoms with Gasteiger partial charge in [0.25, 0.3) is 0 Å². The van der Waals surface area contributed by atoms with E-state index in [0.29, 0.717) is 11.7 Å². The molecule has 1 aromatic rings. The molecule has 2 aliphatic carbocycles. The monoisotopic (exact) mass is 279 g/mol. The number of aromatic nitrogens is 1. The predicted molar refractivity (Wildman–Crippen MR) is 65.4 cm³/mol. The number of hydrogen-bond donors (Lipinski definition) is 0. The van der Waals surface area contributed by atoms with Gasteiger partial charge >= 0.3 is 0 Å². The maximum Gasteiger partial charge on any atom is 0.168 e. The summed E-state index contributed by atoms with van der Waals surface area (Å²) in [6, 6.07) is 3.81. The Labute approximate surface area is 104 Å². The van der Waals surface area contributed by atoms with Crippen LogP contribution in [-0.4, -0.2) is 10.8 Å². The minimum atomic E-state index is 0.282. The highest BCUT2D eigenvalue weighted by molar-refractivity contribution is 9.10. The van der Waals surface area contributed by atoms with Gasteiger partial charge in [-0.15, -0.1) is 0 Å². The van der Waals surface area contributed by atoms with E-state index in [1.165, 1.54) is 19.3 Å². The third-order valence-corrected chi connectivity index (χ3v) is 4.35. The van der Waals surface area contributed by atoms with Gasteiger partial charge < -0.3 is 0 Å². The summed E-state index contributed by atoms with van der Waals surface area (Å²) in [6.45, 7) is 0. The van der Waals surface area contributed by atoms with E-state index in [-0.39, 0.29) is 5.92 Å². The van der Waals surface area contributed by atoms with Crippen molar-refractivity contribution in [3.05, 3.63) is 28.0 Å². The molecule has 3 rings (SSSR count). The molecule has 1 fully saturated rings. The highest BCUT2D eigenvalue weighted by Gasteiger charge is 2.37. The van der Waals surface area contributed by atoms with Crippen molar-refractivity contribution in [1.82, 2.24) is 4.98 Å². The van der Waals surface area contributed by atoms with Gasteiger partial charge in [-0.2, -0.15) is 0 Å². The average molecular weight is 280 g/mol. The smallest absolute Gasteiger partial charge is 0.168 e. The quantitative estimate of drug-likeness (QED) is 0.682. The van der Waals surface area contributed by atoms with Crippen molar-refractivity contribution in [1.29, 1.82) is 0 Å². The van der Waals surface area contributed by atoms with Crippen LogP contribution in [0.1, 0.15) is 41.7 Å². The number of halogens is 1. The van der Waals surface area contributed by atoms with Crippen LogP contribution in [-0.2, 0) is 6.42 Å². The molecule has 2 aliphatic rings. The second-order valence-corrected chi connectivity index (χ2v) is 5.66. The summed E-state index contributed by atoms with van der Waals surface area (Å²) in [5.74, 6) is 1.17. The summed E-state index contributed by atoms with van der Waals surface area (Å²) in [5.41, 5.74) is 1.87. The highest BCUT2D eigenvalue weighted by Crippen LogP contribution is 2.39. The summed E-state index contributed by atoms with van der Waals surface area (Å²) >= 11 is 3.38. The second-order valence-electron chi connectivity index (χ2n) is 4.85. The number of carbonyl (C=O) groups is 1. The Bertz CT molecular complexity index is 444. The van der Waals surface area contributed by atoms with Gasteiger partial charge in [0, 0.05) is 11.5 Å². The molecule has 0 N–H and O–H groups in total. The molecule has 0 spiro atoms. The predicted octanol–water partition coefficient (Wildman–Crippen LogP) is 3.39. The van der Waals surface area contributed by atoms with E-state index in [1.54, 1.807) is 0 Å². The van der Waals surface area contributed by atoms with Crippen LogP contribution in [0.4, 0.5) is 0 Å². The summed E-state index contributed by atoms with van der Waals surface area (Å²) in [7, 11) is 0. The lowest BCUT2D eigenvalue weighted by atomic mass is 9.69. The first-order chi connectivity index (χ1) is 7.75. The number of ketones is 1. The van der Waals surface area contributed by atoms with Crippen LogP contribution in [0.2, 0.25) is 0 Å². The molecule has 0 aromatic carbocycles. The van der Waals surface area contributed by atoms with Crippen molar-refractivity contribution < 1.29 is 4.79 Å². The third kappa shape index (κ3) is 1.61. The molecule has 1 aromatic heterocycles. The Kier molecular flexibility index (Phi) is 2.58. The Balaban J connectivity index is 2.03. The topological polar surface area (TPSA) is 30.0 Å². The summed E-state index contributed by atoms with van der Waals surface area (Å²) < 4.78 is 0.841. The van der Waals surface area contributed by atoms with E-state index in [2.05, 4.69) is 20.9 Å². The van der Waals surface area contributed by atoms with Crippen molar-refractivity contribution in [2.45, 2.75) is 32.1 Å². The Hall–Kier alpha value is -0.700. The summed E-state index contributed by atoms with van der Waals surface area (Å²) in [4.78, 5) is 16.8. The van der Waals surface area contributed by atoms with Crippen LogP contribution in [0.15, 0.2) is 16.7 Å². The maximum atomic E-state index is 12.3. The minimum Gasteiger partial charge on any atom is -0.294 e. The lowest BCUT2D eigenvalue weighted by molar-refractivity contribution is 0.0797. The fourth-order valence-corrected chi connectivity index (χ4v) is 3.45. The maximum absolute atomic E-state index is 12.3. The van der Waals surface area contributed by atoms with E-state index in [0.717, 1.165) is 28.7 Å². The van der Waals surface area contributed by atoms with Crippen molar-refractivity contribution in [2.75, 3.05) is 0 Å². The number of carbonyl (C=O) groups excluding carboxylic acids is 1. The SMILES string of the molecule is O=C1c2ccc(Br)nc2CC2CCCCC12. The molecule has 0 saturated heterocycles. The number of pyridine rings is 1. The van der Waals surface area contributed by atoms with E-state index >= 15 is 0 Å². The molecule has 0 amide bonds. The van der Waals surface area contributed by atoms with Gasteiger partial charge in [-0.1, -0.05) is 12.8 Å².